The number of nitrogens with one attached hydrogen (secondary N) is 1. The standard InChI is InChI=1S/C20H19N5O/c1-14-22-18-6-5-17(12-19(18)23-14)24-7-9-25(10-8-24)20(26)16-4-2-3-15(11-16)13-21/h2-6,11-12H,7-10H2,1H3,(H,22,23). The van der Waals surface area contributed by atoms with Gasteiger partial charge < -0.3 is 14.8 Å². The summed E-state index contributed by atoms with van der Waals surface area (Å²) >= 11 is 0. The number of amides is 1. The molecule has 0 unspecified atom stereocenters. The van der Waals surface area contributed by atoms with E-state index < -0.39 is 0 Å². The summed E-state index contributed by atoms with van der Waals surface area (Å²) in [6.45, 7) is 4.83. The van der Waals surface area contributed by atoms with Crippen molar-refractivity contribution in [2.75, 3.05) is 31.1 Å². The summed E-state index contributed by atoms with van der Waals surface area (Å²) in [5, 5.41) is 9.00. The monoisotopic (exact) mass is 345 g/mol. The Bertz CT molecular complexity index is 1010. The Hall–Kier alpha value is -3.33. The van der Waals surface area contributed by atoms with Crippen molar-refractivity contribution in [3.05, 3.63) is 59.4 Å². The number of anilines is 1. The van der Waals surface area contributed by atoms with Crippen LogP contribution < -0.4 is 4.90 Å². The molecule has 6 heteroatoms. The molecule has 0 saturated carbocycles. The lowest BCUT2D eigenvalue weighted by Gasteiger charge is -2.36. The Morgan fingerprint density at radius 3 is 2.73 bits per heavy atom. The number of nitriles is 1. The van der Waals surface area contributed by atoms with Gasteiger partial charge in [0.25, 0.3) is 5.91 Å². The number of nitrogens with zero attached hydrogens (tertiary/aromatic N) is 4. The van der Waals surface area contributed by atoms with Crippen molar-refractivity contribution < 1.29 is 4.79 Å². The highest BCUT2D eigenvalue weighted by Crippen LogP contribution is 2.22. The third kappa shape index (κ3) is 3.00. The average molecular weight is 345 g/mol. The van der Waals surface area contributed by atoms with E-state index in [9.17, 15) is 4.79 Å². The van der Waals surface area contributed by atoms with E-state index in [2.05, 4.69) is 33.1 Å². The van der Waals surface area contributed by atoms with Crippen molar-refractivity contribution in [2.45, 2.75) is 6.92 Å². The first-order valence-electron chi connectivity index (χ1n) is 8.65. The van der Waals surface area contributed by atoms with E-state index in [1.165, 1.54) is 0 Å². The lowest BCUT2D eigenvalue weighted by atomic mass is 10.1. The minimum Gasteiger partial charge on any atom is -0.368 e. The van der Waals surface area contributed by atoms with Gasteiger partial charge in [-0.1, -0.05) is 6.07 Å². The van der Waals surface area contributed by atoms with E-state index in [0.717, 1.165) is 35.6 Å². The topological polar surface area (TPSA) is 76.0 Å². The van der Waals surface area contributed by atoms with Gasteiger partial charge in [0.1, 0.15) is 5.82 Å². The molecular weight excluding hydrogens is 326 g/mol. The molecule has 1 amide bonds. The fourth-order valence-corrected chi connectivity index (χ4v) is 3.39. The molecule has 1 fully saturated rings. The summed E-state index contributed by atoms with van der Waals surface area (Å²) in [6, 6.07) is 15.2. The fraction of sp³-hybridized carbons (Fsp3) is 0.250. The fourth-order valence-electron chi connectivity index (χ4n) is 3.39. The maximum atomic E-state index is 12.7. The molecule has 1 N–H and O–H groups in total. The number of piperazine rings is 1. The van der Waals surface area contributed by atoms with Gasteiger partial charge in [-0.15, -0.1) is 0 Å². The highest BCUT2D eigenvalue weighted by Gasteiger charge is 2.22. The number of benzene rings is 2. The Morgan fingerprint density at radius 2 is 1.96 bits per heavy atom. The third-order valence-electron chi connectivity index (χ3n) is 4.75. The highest BCUT2D eigenvalue weighted by atomic mass is 16.2. The van der Waals surface area contributed by atoms with Gasteiger partial charge in [0.15, 0.2) is 0 Å². The van der Waals surface area contributed by atoms with Crippen LogP contribution in [0.2, 0.25) is 0 Å². The van der Waals surface area contributed by atoms with Crippen LogP contribution in [0.5, 0.6) is 0 Å². The first kappa shape index (κ1) is 16.2. The van der Waals surface area contributed by atoms with Crippen LogP contribution in [0.3, 0.4) is 0 Å². The number of hydrogen-bond acceptors (Lipinski definition) is 4. The Labute approximate surface area is 151 Å². The predicted octanol–water partition coefficient (Wildman–Crippen LogP) is 2.71. The Morgan fingerprint density at radius 1 is 1.15 bits per heavy atom. The van der Waals surface area contributed by atoms with Crippen LogP contribution in [0, 0.1) is 18.3 Å². The van der Waals surface area contributed by atoms with Crippen LogP contribution in [0.15, 0.2) is 42.5 Å². The van der Waals surface area contributed by atoms with Gasteiger partial charge in [-0.25, -0.2) is 4.98 Å². The predicted molar refractivity (Wildman–Crippen MR) is 100 cm³/mol. The molecule has 1 aromatic heterocycles. The van der Waals surface area contributed by atoms with Crippen LogP contribution in [0.1, 0.15) is 21.7 Å². The summed E-state index contributed by atoms with van der Waals surface area (Å²) in [7, 11) is 0. The number of aromatic nitrogens is 2. The summed E-state index contributed by atoms with van der Waals surface area (Å²) in [6.07, 6.45) is 0. The average Bonchev–Trinajstić information content (AvgIpc) is 3.06. The summed E-state index contributed by atoms with van der Waals surface area (Å²) in [5.74, 6) is 0.897. The Balaban J connectivity index is 1.46. The van der Waals surface area contributed by atoms with E-state index in [4.69, 9.17) is 5.26 Å². The van der Waals surface area contributed by atoms with Crippen molar-refractivity contribution in [3.63, 3.8) is 0 Å². The molecule has 1 aliphatic heterocycles. The number of fused-ring (bicyclic) bond motifs is 1. The lowest BCUT2D eigenvalue weighted by Crippen LogP contribution is -2.48. The molecule has 1 saturated heterocycles. The quantitative estimate of drug-likeness (QED) is 0.775. The van der Waals surface area contributed by atoms with Crippen LogP contribution in [0.25, 0.3) is 11.0 Å². The van der Waals surface area contributed by atoms with Gasteiger partial charge >= 0.3 is 0 Å². The molecule has 26 heavy (non-hydrogen) atoms. The third-order valence-corrected chi connectivity index (χ3v) is 4.75. The number of H-pyrrole nitrogens is 1. The first-order chi connectivity index (χ1) is 12.6. The molecule has 0 radical (unpaired) electrons. The van der Waals surface area contributed by atoms with Gasteiger partial charge in [-0.05, 0) is 43.3 Å². The number of aromatic amines is 1. The van der Waals surface area contributed by atoms with Crippen LogP contribution in [-0.2, 0) is 0 Å². The van der Waals surface area contributed by atoms with Gasteiger partial charge in [0.05, 0.1) is 22.7 Å². The van der Waals surface area contributed by atoms with E-state index in [0.29, 0.717) is 24.2 Å². The molecule has 3 aromatic rings. The van der Waals surface area contributed by atoms with Gasteiger partial charge in [0.2, 0.25) is 0 Å². The van der Waals surface area contributed by atoms with Gasteiger partial charge in [0, 0.05) is 37.4 Å². The van der Waals surface area contributed by atoms with Crippen molar-refractivity contribution in [2.24, 2.45) is 0 Å². The van der Waals surface area contributed by atoms with Crippen molar-refractivity contribution in [1.29, 1.82) is 5.26 Å². The van der Waals surface area contributed by atoms with Crippen molar-refractivity contribution >= 4 is 22.6 Å². The number of imidazole rings is 1. The molecule has 0 bridgehead atoms. The summed E-state index contributed by atoms with van der Waals surface area (Å²) < 4.78 is 0. The molecule has 2 heterocycles. The van der Waals surface area contributed by atoms with Crippen molar-refractivity contribution in [3.8, 4) is 6.07 Å². The number of hydrogen-bond donors (Lipinski definition) is 1. The second-order valence-corrected chi connectivity index (χ2v) is 6.50. The van der Waals surface area contributed by atoms with E-state index in [1.807, 2.05) is 17.9 Å². The Kier molecular flexibility index (Phi) is 4.05. The van der Waals surface area contributed by atoms with E-state index in [1.54, 1.807) is 24.3 Å². The molecule has 0 spiro atoms. The van der Waals surface area contributed by atoms with Crippen molar-refractivity contribution in [1.82, 2.24) is 14.9 Å². The molecular formula is C20H19N5O. The number of aryl methyl sites for hydroxylation is 1. The zero-order chi connectivity index (χ0) is 18.1. The zero-order valence-corrected chi connectivity index (χ0v) is 14.6. The van der Waals surface area contributed by atoms with Gasteiger partial charge in [-0.2, -0.15) is 5.26 Å². The molecule has 6 nitrogen and oxygen atoms in total. The normalized spacial score (nSPS) is 14.5. The van der Waals surface area contributed by atoms with Crippen LogP contribution >= 0.6 is 0 Å². The lowest BCUT2D eigenvalue weighted by molar-refractivity contribution is 0.0747. The second kappa shape index (κ2) is 6.52. The van der Waals surface area contributed by atoms with E-state index in [-0.39, 0.29) is 5.91 Å². The van der Waals surface area contributed by atoms with Crippen LogP contribution in [-0.4, -0.2) is 47.0 Å². The molecule has 2 aromatic carbocycles. The SMILES string of the molecule is Cc1nc2ccc(N3CCN(C(=O)c4cccc(C#N)c4)CC3)cc2[nH]1. The maximum absolute atomic E-state index is 12.7. The van der Waals surface area contributed by atoms with E-state index >= 15 is 0 Å². The molecule has 1 aliphatic rings. The second-order valence-electron chi connectivity index (χ2n) is 6.50. The number of carbonyl (C=O) groups excluding carboxylic acids is 1. The van der Waals surface area contributed by atoms with Gasteiger partial charge in [-0.3, -0.25) is 4.79 Å². The zero-order valence-electron chi connectivity index (χ0n) is 14.6. The minimum atomic E-state index is -0.0126. The first-order valence-corrected chi connectivity index (χ1v) is 8.65. The minimum absolute atomic E-state index is 0.0126. The highest BCUT2D eigenvalue weighted by molar-refractivity contribution is 5.94. The molecule has 4 rings (SSSR count). The molecule has 130 valence electrons. The summed E-state index contributed by atoms with van der Waals surface area (Å²) in [5.41, 5.74) is 4.23. The maximum Gasteiger partial charge on any atom is 0.254 e. The number of carbonyl (C=O) groups is 1. The number of rotatable bonds is 2. The molecule has 0 aliphatic carbocycles. The molecule has 0 atom stereocenters. The largest absolute Gasteiger partial charge is 0.368 e. The smallest absolute Gasteiger partial charge is 0.254 e. The summed E-state index contributed by atoms with van der Waals surface area (Å²) in [4.78, 5) is 24.5. The van der Waals surface area contributed by atoms with Crippen LogP contribution in [0.4, 0.5) is 5.69 Å².